The van der Waals surface area contributed by atoms with Crippen LogP contribution < -0.4 is 10.0 Å². The van der Waals surface area contributed by atoms with E-state index >= 15 is 0 Å². The summed E-state index contributed by atoms with van der Waals surface area (Å²) in [4.78, 5) is 19.4. The van der Waals surface area contributed by atoms with Gasteiger partial charge in [0.05, 0.1) is 18.1 Å². The minimum Gasteiger partial charge on any atom is -0.379 e. The van der Waals surface area contributed by atoms with Crippen LogP contribution in [-0.2, 0) is 26.1 Å². The average molecular weight is 471 g/mol. The molecule has 0 saturated carbocycles. The maximum Gasteiger partial charge on any atom is 0.263 e. The molecule has 0 bridgehead atoms. The molecule has 2 heterocycles. The zero-order valence-electron chi connectivity index (χ0n) is 18.6. The van der Waals surface area contributed by atoms with E-state index in [-0.39, 0.29) is 10.8 Å². The zero-order valence-corrected chi connectivity index (χ0v) is 19.4. The number of nitrogens with zero attached hydrogens (tertiary/aromatic N) is 2. The molecule has 2 aromatic rings. The number of fused-ring (bicyclic) bond motifs is 1. The lowest BCUT2D eigenvalue weighted by atomic mass is 10.1. The fourth-order valence-corrected chi connectivity index (χ4v) is 5.26. The van der Waals surface area contributed by atoms with Crippen LogP contribution in [0, 0.1) is 0 Å². The lowest BCUT2D eigenvalue weighted by molar-refractivity contribution is -0.116. The van der Waals surface area contributed by atoms with Gasteiger partial charge in [0, 0.05) is 43.9 Å². The SMILES string of the molecule is O=C(CCCCCN=C1NS(=O)(=O)c2ccccc21)Nc1cccc(CN2CCOCC2)c1. The van der Waals surface area contributed by atoms with Gasteiger partial charge in [0.1, 0.15) is 5.84 Å². The Morgan fingerprint density at radius 1 is 1.06 bits per heavy atom. The Labute approximate surface area is 195 Å². The molecule has 0 aromatic heterocycles. The molecule has 9 heteroatoms. The number of benzene rings is 2. The maximum absolute atomic E-state index is 12.3. The van der Waals surface area contributed by atoms with Crippen LogP contribution in [0.15, 0.2) is 58.4 Å². The topological polar surface area (TPSA) is 100 Å². The van der Waals surface area contributed by atoms with E-state index in [0.717, 1.165) is 57.8 Å². The van der Waals surface area contributed by atoms with Crippen molar-refractivity contribution in [2.45, 2.75) is 37.1 Å². The minimum atomic E-state index is -3.50. The van der Waals surface area contributed by atoms with Gasteiger partial charge in [0.25, 0.3) is 10.0 Å². The molecule has 33 heavy (non-hydrogen) atoms. The summed E-state index contributed by atoms with van der Waals surface area (Å²) < 4.78 is 32.1. The zero-order chi connectivity index (χ0) is 23.1. The Morgan fingerprint density at radius 3 is 2.73 bits per heavy atom. The van der Waals surface area contributed by atoms with Gasteiger partial charge >= 0.3 is 0 Å². The van der Waals surface area contributed by atoms with Crippen LogP contribution >= 0.6 is 0 Å². The molecule has 0 unspecified atom stereocenters. The van der Waals surface area contributed by atoms with Crippen LogP contribution in [0.25, 0.3) is 0 Å². The summed E-state index contributed by atoms with van der Waals surface area (Å²) in [7, 11) is -3.50. The highest BCUT2D eigenvalue weighted by atomic mass is 32.2. The Balaban J connectivity index is 1.17. The van der Waals surface area contributed by atoms with Crippen LogP contribution in [-0.4, -0.2) is 57.9 Å². The predicted octanol–water partition coefficient (Wildman–Crippen LogP) is 2.76. The largest absolute Gasteiger partial charge is 0.379 e. The number of morpholine rings is 1. The highest BCUT2D eigenvalue weighted by Crippen LogP contribution is 2.22. The Kier molecular flexibility index (Phi) is 7.74. The van der Waals surface area contributed by atoms with Crippen molar-refractivity contribution in [3.63, 3.8) is 0 Å². The van der Waals surface area contributed by atoms with Gasteiger partial charge in [-0.3, -0.25) is 19.4 Å². The number of hydrogen-bond acceptors (Lipinski definition) is 6. The van der Waals surface area contributed by atoms with Crippen molar-refractivity contribution in [3.8, 4) is 0 Å². The molecule has 2 aliphatic heterocycles. The summed E-state index contributed by atoms with van der Waals surface area (Å²) in [6.45, 7) is 4.77. The molecular formula is C24H30N4O4S. The maximum atomic E-state index is 12.3. The number of amides is 1. The fourth-order valence-electron chi connectivity index (χ4n) is 4.00. The van der Waals surface area contributed by atoms with E-state index in [1.165, 1.54) is 5.56 Å². The Morgan fingerprint density at radius 2 is 1.88 bits per heavy atom. The van der Waals surface area contributed by atoms with Gasteiger partial charge in [-0.15, -0.1) is 0 Å². The van der Waals surface area contributed by atoms with Gasteiger partial charge in [-0.05, 0) is 42.7 Å². The van der Waals surface area contributed by atoms with Crippen LogP contribution in [0.2, 0.25) is 0 Å². The summed E-state index contributed by atoms with van der Waals surface area (Å²) in [6, 6.07) is 14.8. The molecule has 176 valence electrons. The third kappa shape index (κ3) is 6.40. The van der Waals surface area contributed by atoms with E-state index in [1.807, 2.05) is 18.2 Å². The number of amidine groups is 1. The number of carbonyl (C=O) groups is 1. The first-order valence-electron chi connectivity index (χ1n) is 11.4. The van der Waals surface area contributed by atoms with Crippen molar-refractivity contribution >= 4 is 27.5 Å². The van der Waals surface area contributed by atoms with E-state index < -0.39 is 10.0 Å². The number of aliphatic imine (C=N–C) groups is 1. The second kappa shape index (κ2) is 10.9. The molecule has 4 rings (SSSR count). The molecule has 2 aliphatic rings. The molecule has 0 aliphatic carbocycles. The van der Waals surface area contributed by atoms with Crippen molar-refractivity contribution in [1.82, 2.24) is 9.62 Å². The van der Waals surface area contributed by atoms with Crippen molar-refractivity contribution in [3.05, 3.63) is 59.7 Å². The van der Waals surface area contributed by atoms with E-state index in [2.05, 4.69) is 26.0 Å². The monoisotopic (exact) mass is 470 g/mol. The Hall–Kier alpha value is -2.75. The van der Waals surface area contributed by atoms with Gasteiger partial charge in [0.15, 0.2) is 0 Å². The summed E-state index contributed by atoms with van der Waals surface area (Å²) in [5.74, 6) is 0.405. The number of sulfonamides is 1. The molecule has 1 fully saturated rings. The van der Waals surface area contributed by atoms with E-state index in [9.17, 15) is 13.2 Å². The number of rotatable bonds is 9. The third-order valence-corrected chi connectivity index (χ3v) is 7.11. The molecule has 0 atom stereocenters. The van der Waals surface area contributed by atoms with Crippen LogP contribution in [0.3, 0.4) is 0 Å². The summed E-state index contributed by atoms with van der Waals surface area (Å²) >= 11 is 0. The van der Waals surface area contributed by atoms with Crippen molar-refractivity contribution < 1.29 is 17.9 Å². The highest BCUT2D eigenvalue weighted by Gasteiger charge is 2.29. The number of carbonyl (C=O) groups excluding carboxylic acids is 1. The number of ether oxygens (including phenoxy) is 1. The molecule has 1 saturated heterocycles. The second-order valence-electron chi connectivity index (χ2n) is 8.28. The second-order valence-corrected chi connectivity index (χ2v) is 9.93. The molecule has 2 N–H and O–H groups in total. The number of anilines is 1. The van der Waals surface area contributed by atoms with Gasteiger partial charge in [-0.1, -0.05) is 30.7 Å². The molecule has 2 aromatic carbocycles. The lowest BCUT2D eigenvalue weighted by Gasteiger charge is -2.26. The quantitative estimate of drug-likeness (QED) is 0.549. The molecule has 0 spiro atoms. The molecule has 8 nitrogen and oxygen atoms in total. The van der Waals surface area contributed by atoms with Crippen molar-refractivity contribution in [1.29, 1.82) is 0 Å². The summed E-state index contributed by atoms with van der Waals surface area (Å²) in [6.07, 6.45) is 2.83. The number of hydrogen-bond donors (Lipinski definition) is 2. The van der Waals surface area contributed by atoms with E-state index in [4.69, 9.17) is 4.74 Å². The smallest absolute Gasteiger partial charge is 0.263 e. The van der Waals surface area contributed by atoms with Gasteiger partial charge < -0.3 is 10.1 Å². The third-order valence-electron chi connectivity index (χ3n) is 5.72. The Bertz CT molecular complexity index is 1110. The van der Waals surface area contributed by atoms with Crippen molar-refractivity contribution in [2.75, 3.05) is 38.2 Å². The number of unbranched alkanes of at least 4 members (excludes halogenated alkanes) is 2. The van der Waals surface area contributed by atoms with Gasteiger partial charge in [-0.25, -0.2) is 8.42 Å². The fraction of sp³-hybridized carbons (Fsp3) is 0.417. The minimum absolute atomic E-state index is 0.00215. The number of nitrogens with one attached hydrogen (secondary N) is 2. The van der Waals surface area contributed by atoms with Gasteiger partial charge in [-0.2, -0.15) is 0 Å². The predicted molar refractivity (Wildman–Crippen MR) is 128 cm³/mol. The first kappa shape index (κ1) is 23.4. The normalized spacial score (nSPS) is 18.6. The lowest BCUT2D eigenvalue weighted by Crippen LogP contribution is -2.35. The average Bonchev–Trinajstić information content (AvgIpc) is 3.07. The standard InChI is InChI=1S/C24H30N4O4S/c29-23(26-20-8-6-7-19(17-20)18-28-13-15-32-16-14-28)11-2-1-5-12-25-24-21-9-3-4-10-22(21)33(30,31)27-24/h3-4,6-10,17H,1-2,5,11-16,18H2,(H,25,27)(H,26,29). The highest BCUT2D eigenvalue weighted by molar-refractivity contribution is 7.90. The first-order chi connectivity index (χ1) is 16.0. The van der Waals surface area contributed by atoms with E-state index in [0.29, 0.717) is 24.4 Å². The first-order valence-corrected chi connectivity index (χ1v) is 12.9. The summed E-state index contributed by atoms with van der Waals surface area (Å²) in [5.41, 5.74) is 2.62. The molecule has 0 radical (unpaired) electrons. The van der Waals surface area contributed by atoms with Crippen LogP contribution in [0.5, 0.6) is 0 Å². The molecular weight excluding hydrogens is 440 g/mol. The van der Waals surface area contributed by atoms with E-state index in [1.54, 1.807) is 24.3 Å². The summed E-state index contributed by atoms with van der Waals surface area (Å²) in [5, 5.41) is 2.99. The van der Waals surface area contributed by atoms with Gasteiger partial charge in [0.2, 0.25) is 5.91 Å². The molecule has 1 amide bonds. The van der Waals surface area contributed by atoms with Crippen molar-refractivity contribution in [2.24, 2.45) is 4.99 Å². The van der Waals surface area contributed by atoms with Crippen LogP contribution in [0.4, 0.5) is 5.69 Å². The van der Waals surface area contributed by atoms with Crippen LogP contribution in [0.1, 0.15) is 36.8 Å².